The first-order valence-corrected chi connectivity index (χ1v) is 9.28. The van der Waals surface area contributed by atoms with Crippen LogP contribution in [0.25, 0.3) is 0 Å². The highest BCUT2D eigenvalue weighted by molar-refractivity contribution is 7.91. The van der Waals surface area contributed by atoms with Crippen LogP contribution in [-0.2, 0) is 9.84 Å². The van der Waals surface area contributed by atoms with Crippen molar-refractivity contribution in [3.8, 4) is 0 Å². The van der Waals surface area contributed by atoms with Crippen molar-refractivity contribution in [2.75, 3.05) is 81.0 Å². The smallest absolute Gasteiger partial charge is 0.195 e. The summed E-state index contributed by atoms with van der Waals surface area (Å²) in [5.74, 6) is 1.57. The summed E-state index contributed by atoms with van der Waals surface area (Å²) in [5.41, 5.74) is 0. The van der Waals surface area contributed by atoms with Gasteiger partial charge in [-0.3, -0.25) is 9.98 Å². The molecule has 0 aromatic carbocycles. The van der Waals surface area contributed by atoms with Crippen molar-refractivity contribution in [3.63, 3.8) is 0 Å². The van der Waals surface area contributed by atoms with Gasteiger partial charge >= 0.3 is 0 Å². The summed E-state index contributed by atoms with van der Waals surface area (Å²) < 4.78 is 24.2. The zero-order valence-electron chi connectivity index (χ0n) is 15.7. The van der Waals surface area contributed by atoms with Gasteiger partial charge in [-0.05, 0) is 0 Å². The quantitative estimate of drug-likeness (QED) is 0.470. The standard InChI is InChI=1S/C14H32N6O2S/c1-17(2)13(18(3)4)15-9-11-23(21,22)12-10-16-14(19(5)6)20(7)8/h9-12H2,1-8H3. The number of guanidine groups is 2. The normalized spacial score (nSPS) is 10.8. The van der Waals surface area contributed by atoms with Gasteiger partial charge in [-0.25, -0.2) is 8.42 Å². The molecule has 0 saturated heterocycles. The van der Waals surface area contributed by atoms with Crippen molar-refractivity contribution in [2.24, 2.45) is 9.98 Å². The number of hydrogen-bond donors (Lipinski definition) is 0. The summed E-state index contributed by atoms with van der Waals surface area (Å²) >= 11 is 0. The first-order chi connectivity index (χ1) is 10.5. The molecule has 23 heavy (non-hydrogen) atoms. The van der Waals surface area contributed by atoms with Gasteiger partial charge in [0.15, 0.2) is 21.8 Å². The predicted octanol–water partition coefficient (Wildman–Crippen LogP) is -0.640. The third-order valence-corrected chi connectivity index (χ3v) is 4.52. The maximum Gasteiger partial charge on any atom is 0.195 e. The summed E-state index contributed by atoms with van der Waals surface area (Å²) in [4.78, 5) is 16.1. The van der Waals surface area contributed by atoms with Crippen LogP contribution in [0.2, 0.25) is 0 Å². The Hall–Kier alpha value is -1.51. The van der Waals surface area contributed by atoms with Gasteiger partial charge < -0.3 is 19.6 Å². The Morgan fingerprint density at radius 2 is 0.913 bits per heavy atom. The largest absolute Gasteiger partial charge is 0.349 e. The molecule has 0 rings (SSSR count). The van der Waals surface area contributed by atoms with Crippen molar-refractivity contribution in [1.29, 1.82) is 0 Å². The van der Waals surface area contributed by atoms with E-state index in [9.17, 15) is 8.42 Å². The second-order valence-corrected chi connectivity index (χ2v) is 8.40. The first-order valence-electron chi connectivity index (χ1n) is 7.46. The average Bonchev–Trinajstić information content (AvgIpc) is 2.37. The van der Waals surface area contributed by atoms with Crippen LogP contribution < -0.4 is 0 Å². The topological polar surface area (TPSA) is 71.8 Å². The molecule has 0 heterocycles. The Kier molecular flexibility index (Phi) is 8.96. The fraction of sp³-hybridized carbons (Fsp3) is 0.857. The molecule has 8 nitrogen and oxygen atoms in total. The van der Waals surface area contributed by atoms with E-state index in [4.69, 9.17) is 0 Å². The maximum atomic E-state index is 12.1. The number of hydrogen-bond acceptors (Lipinski definition) is 4. The van der Waals surface area contributed by atoms with Crippen molar-refractivity contribution >= 4 is 21.8 Å². The zero-order valence-corrected chi connectivity index (χ0v) is 16.6. The lowest BCUT2D eigenvalue weighted by molar-refractivity contribution is 0.480. The molecule has 0 amide bonds. The summed E-state index contributed by atoms with van der Waals surface area (Å²) in [6.45, 7) is 0.512. The molecule has 0 atom stereocenters. The molecule has 0 aliphatic rings. The summed E-state index contributed by atoms with van der Waals surface area (Å²) in [5, 5.41) is 0. The van der Waals surface area contributed by atoms with Crippen molar-refractivity contribution in [3.05, 3.63) is 0 Å². The minimum atomic E-state index is -3.16. The maximum absolute atomic E-state index is 12.1. The molecule has 0 aliphatic heterocycles. The lowest BCUT2D eigenvalue weighted by atomic mass is 10.6. The van der Waals surface area contributed by atoms with Crippen LogP contribution in [0.15, 0.2) is 9.98 Å². The molecular formula is C14H32N6O2S. The molecule has 9 heteroatoms. The number of aliphatic imine (C=N–C) groups is 2. The first kappa shape index (κ1) is 21.5. The zero-order chi connectivity index (χ0) is 18.2. The van der Waals surface area contributed by atoms with E-state index in [-0.39, 0.29) is 24.6 Å². The summed E-state index contributed by atoms with van der Waals surface area (Å²) in [6.07, 6.45) is 0. The van der Waals surface area contributed by atoms with Crippen molar-refractivity contribution in [2.45, 2.75) is 0 Å². The molecule has 136 valence electrons. The molecule has 0 aliphatic carbocycles. The molecule has 0 bridgehead atoms. The van der Waals surface area contributed by atoms with Crippen molar-refractivity contribution in [1.82, 2.24) is 19.6 Å². The van der Waals surface area contributed by atoms with E-state index in [2.05, 4.69) is 9.98 Å². The highest BCUT2D eigenvalue weighted by atomic mass is 32.2. The van der Waals surface area contributed by atoms with E-state index < -0.39 is 9.84 Å². The van der Waals surface area contributed by atoms with Crippen LogP contribution in [0, 0.1) is 0 Å². The molecule has 0 radical (unpaired) electrons. The third-order valence-electron chi connectivity index (χ3n) is 2.91. The van der Waals surface area contributed by atoms with E-state index >= 15 is 0 Å². The number of sulfone groups is 1. The molecule has 0 N–H and O–H groups in total. The SMILES string of the molecule is CN(C)C(=NCCS(=O)(=O)CCN=C(N(C)C)N(C)C)N(C)C. The predicted molar refractivity (Wildman–Crippen MR) is 98.0 cm³/mol. The van der Waals surface area contributed by atoms with Gasteiger partial charge in [0.2, 0.25) is 0 Å². The molecular weight excluding hydrogens is 316 g/mol. The molecule has 0 spiro atoms. The Morgan fingerprint density at radius 3 is 1.13 bits per heavy atom. The lowest BCUT2D eigenvalue weighted by Gasteiger charge is -2.23. The van der Waals surface area contributed by atoms with Gasteiger partial charge in [0, 0.05) is 56.4 Å². The fourth-order valence-corrected chi connectivity index (χ4v) is 2.98. The summed E-state index contributed by atoms with van der Waals surface area (Å²) in [7, 11) is 11.9. The summed E-state index contributed by atoms with van der Waals surface area (Å²) in [6, 6.07) is 0. The molecule has 0 saturated carbocycles. The average molecular weight is 349 g/mol. The van der Waals surface area contributed by atoms with Crippen LogP contribution in [0.4, 0.5) is 0 Å². The van der Waals surface area contributed by atoms with Gasteiger partial charge in [0.25, 0.3) is 0 Å². The highest BCUT2D eigenvalue weighted by Gasteiger charge is 2.12. The second-order valence-electron chi connectivity index (χ2n) is 6.09. The minimum absolute atomic E-state index is 0.0347. The van der Waals surface area contributed by atoms with E-state index in [1.807, 2.05) is 76.0 Å². The van der Waals surface area contributed by atoms with Crippen LogP contribution in [0.3, 0.4) is 0 Å². The monoisotopic (exact) mass is 348 g/mol. The Bertz CT molecular complexity index is 449. The Labute approximate surface area is 141 Å². The van der Waals surface area contributed by atoms with Crippen LogP contribution in [-0.4, -0.2) is 121 Å². The molecule has 0 aromatic rings. The Balaban J connectivity index is 4.62. The van der Waals surface area contributed by atoms with Gasteiger partial charge in [0.05, 0.1) is 24.6 Å². The van der Waals surface area contributed by atoms with E-state index in [0.717, 1.165) is 11.9 Å². The van der Waals surface area contributed by atoms with Gasteiger partial charge in [0.1, 0.15) is 0 Å². The lowest BCUT2D eigenvalue weighted by Crippen LogP contribution is -2.36. The van der Waals surface area contributed by atoms with E-state index in [0.29, 0.717) is 0 Å². The van der Waals surface area contributed by atoms with Gasteiger partial charge in [-0.15, -0.1) is 0 Å². The highest BCUT2D eigenvalue weighted by Crippen LogP contribution is 1.96. The third kappa shape index (κ3) is 8.63. The van der Waals surface area contributed by atoms with Crippen LogP contribution in [0.1, 0.15) is 0 Å². The van der Waals surface area contributed by atoms with Crippen LogP contribution in [0.5, 0.6) is 0 Å². The number of nitrogens with zero attached hydrogens (tertiary/aromatic N) is 6. The van der Waals surface area contributed by atoms with Crippen LogP contribution >= 0.6 is 0 Å². The van der Waals surface area contributed by atoms with E-state index in [1.165, 1.54) is 0 Å². The molecule has 0 unspecified atom stereocenters. The van der Waals surface area contributed by atoms with Crippen molar-refractivity contribution < 1.29 is 8.42 Å². The fourth-order valence-electron chi connectivity index (χ4n) is 2.04. The molecule has 0 fully saturated rings. The second kappa shape index (κ2) is 9.59. The Morgan fingerprint density at radius 1 is 0.652 bits per heavy atom. The van der Waals surface area contributed by atoms with Gasteiger partial charge in [-0.2, -0.15) is 0 Å². The van der Waals surface area contributed by atoms with Gasteiger partial charge in [-0.1, -0.05) is 0 Å². The van der Waals surface area contributed by atoms with E-state index in [1.54, 1.807) is 0 Å². The number of rotatable bonds is 6. The minimum Gasteiger partial charge on any atom is -0.349 e. The molecule has 0 aromatic heterocycles.